The zero-order chi connectivity index (χ0) is 16.1. The van der Waals surface area contributed by atoms with Crippen LogP contribution in [0.5, 0.6) is 0 Å². The van der Waals surface area contributed by atoms with Crippen LogP contribution in [0.25, 0.3) is 10.8 Å². The molecule has 0 atom stereocenters. The van der Waals surface area contributed by atoms with Crippen molar-refractivity contribution in [3.05, 3.63) is 66.0 Å². The lowest BCUT2D eigenvalue weighted by molar-refractivity contribution is -0.132. The standard InChI is InChI=1S/C17H17N3O2/c1-11(16(17(21)22)19-10-18)12(2)20-15-8-7-13-5-3-4-6-14(13)9-15/h3-10,20H,2H2,1H3,(H2,18,19)(H,21,22)/b16-11-. The number of hydrogen-bond acceptors (Lipinski definition) is 3. The first-order chi connectivity index (χ1) is 10.5. The van der Waals surface area contributed by atoms with E-state index in [0.29, 0.717) is 11.3 Å². The van der Waals surface area contributed by atoms with Gasteiger partial charge in [0.25, 0.3) is 0 Å². The summed E-state index contributed by atoms with van der Waals surface area (Å²) in [5.41, 5.74) is 6.74. The first-order valence-electron chi connectivity index (χ1n) is 6.66. The first-order valence-corrected chi connectivity index (χ1v) is 6.66. The van der Waals surface area contributed by atoms with Gasteiger partial charge in [-0.1, -0.05) is 36.9 Å². The molecule has 2 aromatic rings. The highest BCUT2D eigenvalue weighted by Crippen LogP contribution is 2.22. The lowest BCUT2D eigenvalue weighted by Gasteiger charge is -2.12. The quantitative estimate of drug-likeness (QED) is 0.342. The van der Waals surface area contributed by atoms with Crippen molar-refractivity contribution < 1.29 is 9.90 Å². The molecule has 0 aliphatic carbocycles. The summed E-state index contributed by atoms with van der Waals surface area (Å²) < 4.78 is 0. The normalized spacial score (nSPS) is 12.2. The highest BCUT2D eigenvalue weighted by molar-refractivity contribution is 5.90. The summed E-state index contributed by atoms with van der Waals surface area (Å²) in [7, 11) is 0. The van der Waals surface area contributed by atoms with E-state index in [1.165, 1.54) is 0 Å². The Labute approximate surface area is 128 Å². The van der Waals surface area contributed by atoms with Gasteiger partial charge in [0.15, 0.2) is 5.70 Å². The second-order valence-corrected chi connectivity index (χ2v) is 4.72. The van der Waals surface area contributed by atoms with Crippen molar-refractivity contribution in [1.29, 1.82) is 0 Å². The number of aliphatic carboxylic acids is 1. The SMILES string of the molecule is C=C(Nc1ccc2ccccc2c1)/C(C)=C(\N=CN)C(=O)O. The molecule has 0 amide bonds. The van der Waals surface area contributed by atoms with Crippen LogP contribution in [0.15, 0.2) is 71.0 Å². The number of carboxylic acid groups (broad SMARTS) is 1. The topological polar surface area (TPSA) is 87.7 Å². The molecule has 0 spiro atoms. The average Bonchev–Trinajstić information content (AvgIpc) is 2.51. The Bertz CT molecular complexity index is 791. The number of benzene rings is 2. The van der Waals surface area contributed by atoms with E-state index in [4.69, 9.17) is 10.8 Å². The van der Waals surface area contributed by atoms with E-state index >= 15 is 0 Å². The Balaban J connectivity index is 2.29. The number of fused-ring (bicyclic) bond motifs is 1. The summed E-state index contributed by atoms with van der Waals surface area (Å²) in [6, 6.07) is 13.8. The lowest BCUT2D eigenvalue weighted by Crippen LogP contribution is -2.08. The number of nitrogens with two attached hydrogens (primary N) is 1. The highest BCUT2D eigenvalue weighted by atomic mass is 16.4. The predicted octanol–water partition coefficient (Wildman–Crippen LogP) is 3.11. The third kappa shape index (κ3) is 3.32. The fraction of sp³-hybridized carbons (Fsp3) is 0.0588. The summed E-state index contributed by atoms with van der Waals surface area (Å²) in [6.07, 6.45) is 0.955. The Morgan fingerprint density at radius 2 is 1.95 bits per heavy atom. The number of anilines is 1. The van der Waals surface area contributed by atoms with Gasteiger partial charge < -0.3 is 16.2 Å². The largest absolute Gasteiger partial charge is 0.477 e. The molecule has 0 radical (unpaired) electrons. The molecule has 2 aromatic carbocycles. The van der Waals surface area contributed by atoms with Crippen molar-refractivity contribution in [3.63, 3.8) is 0 Å². The van der Waals surface area contributed by atoms with Gasteiger partial charge in [-0.05, 0) is 29.8 Å². The molecule has 0 saturated carbocycles. The fourth-order valence-electron chi connectivity index (χ4n) is 2.06. The van der Waals surface area contributed by atoms with Crippen LogP contribution < -0.4 is 11.1 Å². The van der Waals surface area contributed by atoms with Crippen LogP contribution in [0.4, 0.5) is 5.69 Å². The van der Waals surface area contributed by atoms with Crippen LogP contribution in [0, 0.1) is 0 Å². The molecule has 0 heterocycles. The molecule has 5 nitrogen and oxygen atoms in total. The van der Waals surface area contributed by atoms with Crippen LogP contribution in [0.2, 0.25) is 0 Å². The van der Waals surface area contributed by atoms with Crippen LogP contribution in [-0.2, 0) is 4.79 Å². The average molecular weight is 295 g/mol. The van der Waals surface area contributed by atoms with E-state index in [1.54, 1.807) is 6.92 Å². The Morgan fingerprint density at radius 1 is 1.27 bits per heavy atom. The number of carbonyl (C=O) groups is 1. The predicted molar refractivity (Wildman–Crippen MR) is 89.7 cm³/mol. The van der Waals surface area contributed by atoms with Gasteiger partial charge in [-0.2, -0.15) is 0 Å². The van der Waals surface area contributed by atoms with Gasteiger partial charge in [-0.15, -0.1) is 0 Å². The summed E-state index contributed by atoms with van der Waals surface area (Å²) in [5, 5.41) is 14.4. The molecule has 0 saturated heterocycles. The summed E-state index contributed by atoms with van der Waals surface area (Å²) in [4.78, 5) is 14.8. The minimum atomic E-state index is -1.15. The van der Waals surface area contributed by atoms with E-state index in [2.05, 4.69) is 16.9 Å². The van der Waals surface area contributed by atoms with Crippen LogP contribution in [0.3, 0.4) is 0 Å². The van der Waals surface area contributed by atoms with Crippen molar-refractivity contribution in [2.45, 2.75) is 6.92 Å². The number of nitrogens with one attached hydrogen (secondary N) is 1. The molecule has 2 rings (SSSR count). The minimum absolute atomic E-state index is 0.138. The van der Waals surface area contributed by atoms with Crippen LogP contribution >= 0.6 is 0 Å². The van der Waals surface area contributed by atoms with E-state index in [-0.39, 0.29) is 5.70 Å². The molecule has 22 heavy (non-hydrogen) atoms. The van der Waals surface area contributed by atoms with Crippen molar-refractivity contribution in [2.75, 3.05) is 5.32 Å². The molecule has 0 aliphatic heterocycles. The molecule has 0 fully saturated rings. The van der Waals surface area contributed by atoms with E-state index in [9.17, 15) is 4.79 Å². The second-order valence-electron chi connectivity index (χ2n) is 4.72. The second kappa shape index (κ2) is 6.58. The molecule has 112 valence electrons. The van der Waals surface area contributed by atoms with Gasteiger partial charge in [0.05, 0.1) is 6.34 Å². The van der Waals surface area contributed by atoms with Crippen LogP contribution in [0.1, 0.15) is 6.92 Å². The molecule has 0 aliphatic rings. The van der Waals surface area contributed by atoms with Crippen LogP contribution in [-0.4, -0.2) is 17.4 Å². The number of aliphatic imine (C=N–C) groups is 1. The molecule has 4 N–H and O–H groups in total. The zero-order valence-corrected chi connectivity index (χ0v) is 12.2. The number of nitrogens with zero attached hydrogens (tertiary/aromatic N) is 1. The maximum absolute atomic E-state index is 11.2. The number of hydrogen-bond donors (Lipinski definition) is 3. The third-order valence-corrected chi connectivity index (χ3v) is 3.26. The molecule has 0 bridgehead atoms. The van der Waals surface area contributed by atoms with Gasteiger partial charge in [0, 0.05) is 17.0 Å². The third-order valence-electron chi connectivity index (χ3n) is 3.26. The van der Waals surface area contributed by atoms with Crippen molar-refractivity contribution in [1.82, 2.24) is 0 Å². The van der Waals surface area contributed by atoms with Gasteiger partial charge in [0.2, 0.25) is 0 Å². The smallest absolute Gasteiger partial charge is 0.354 e. The van der Waals surface area contributed by atoms with Gasteiger partial charge >= 0.3 is 5.97 Å². The highest BCUT2D eigenvalue weighted by Gasteiger charge is 2.12. The number of carboxylic acids is 1. The van der Waals surface area contributed by atoms with E-state index < -0.39 is 5.97 Å². The Kier molecular flexibility index (Phi) is 4.58. The number of rotatable bonds is 5. The monoisotopic (exact) mass is 295 g/mol. The number of allylic oxidation sites excluding steroid dienone is 1. The Morgan fingerprint density at radius 3 is 2.59 bits per heavy atom. The molecular weight excluding hydrogens is 278 g/mol. The maximum Gasteiger partial charge on any atom is 0.354 e. The van der Waals surface area contributed by atoms with Crippen molar-refractivity contribution >= 4 is 28.8 Å². The fourth-order valence-corrected chi connectivity index (χ4v) is 2.06. The van der Waals surface area contributed by atoms with Gasteiger partial charge in [0.1, 0.15) is 0 Å². The maximum atomic E-state index is 11.2. The summed E-state index contributed by atoms with van der Waals surface area (Å²) in [5.74, 6) is -1.15. The molecular formula is C17H17N3O2. The van der Waals surface area contributed by atoms with E-state index in [1.807, 2.05) is 42.5 Å². The summed E-state index contributed by atoms with van der Waals surface area (Å²) >= 11 is 0. The first kappa shape index (κ1) is 15.3. The molecule has 0 unspecified atom stereocenters. The van der Waals surface area contributed by atoms with Crippen molar-refractivity contribution in [3.8, 4) is 0 Å². The minimum Gasteiger partial charge on any atom is -0.477 e. The van der Waals surface area contributed by atoms with Crippen molar-refractivity contribution in [2.24, 2.45) is 10.7 Å². The van der Waals surface area contributed by atoms with Gasteiger partial charge in [-0.25, -0.2) is 9.79 Å². The molecule has 0 aromatic heterocycles. The molecule has 5 heteroatoms. The zero-order valence-electron chi connectivity index (χ0n) is 12.2. The Hall–Kier alpha value is -3.08. The van der Waals surface area contributed by atoms with Gasteiger partial charge in [-0.3, -0.25) is 0 Å². The lowest BCUT2D eigenvalue weighted by atomic mass is 10.1. The van der Waals surface area contributed by atoms with E-state index in [0.717, 1.165) is 22.8 Å². The summed E-state index contributed by atoms with van der Waals surface area (Å²) in [6.45, 7) is 5.50.